The van der Waals surface area contributed by atoms with Gasteiger partial charge < -0.3 is 9.90 Å². The molecule has 0 aliphatic carbocycles. The van der Waals surface area contributed by atoms with Crippen LogP contribution in [0.15, 0.2) is 53.0 Å². The summed E-state index contributed by atoms with van der Waals surface area (Å²) >= 11 is 3.43. The molecule has 0 amide bonds. The molecule has 0 aliphatic heterocycles. The van der Waals surface area contributed by atoms with Gasteiger partial charge in [0.2, 0.25) is 0 Å². The van der Waals surface area contributed by atoms with E-state index in [9.17, 15) is 9.90 Å². The van der Waals surface area contributed by atoms with Crippen LogP contribution in [0.4, 0.5) is 0 Å². The number of rotatable bonds is 2. The number of carboxylic acids is 1. The van der Waals surface area contributed by atoms with E-state index in [1.54, 1.807) is 6.92 Å². The lowest BCUT2D eigenvalue weighted by Crippen LogP contribution is -2.24. The maximum absolute atomic E-state index is 11.6. The fourth-order valence-electron chi connectivity index (χ4n) is 2.51. The number of carbonyl (C=O) groups is 1. The summed E-state index contributed by atoms with van der Waals surface area (Å²) in [5, 5.41) is 12.4. The highest BCUT2D eigenvalue weighted by atomic mass is 79.9. The van der Waals surface area contributed by atoms with Gasteiger partial charge in [-0.2, -0.15) is 0 Å². The Labute approximate surface area is 130 Å². The van der Waals surface area contributed by atoms with Crippen molar-refractivity contribution in [2.75, 3.05) is 0 Å². The van der Waals surface area contributed by atoms with Crippen molar-refractivity contribution in [3.63, 3.8) is 0 Å². The second kappa shape index (κ2) is 5.30. The van der Waals surface area contributed by atoms with Crippen molar-refractivity contribution in [3.8, 4) is 11.1 Å². The minimum absolute atomic E-state index is 0.145. The largest absolute Gasteiger partial charge is 0.545 e. The zero-order chi connectivity index (χ0) is 15.0. The number of nitrogens with zero attached hydrogens (tertiary/aromatic N) is 1. The van der Waals surface area contributed by atoms with Crippen molar-refractivity contribution in [1.82, 2.24) is 4.98 Å². The van der Waals surface area contributed by atoms with Crippen molar-refractivity contribution in [1.29, 1.82) is 0 Å². The Bertz CT molecular complexity index is 844. The SMILES string of the molecule is Cc1nc2ccc(Br)cc2c(-c2ccccc2)c1C(=O)[O-]. The summed E-state index contributed by atoms with van der Waals surface area (Å²) in [6, 6.07) is 15.1. The molecule has 0 aliphatic rings. The highest BCUT2D eigenvalue weighted by Gasteiger charge is 2.15. The number of hydrogen-bond acceptors (Lipinski definition) is 3. The minimum atomic E-state index is -1.21. The number of aromatic nitrogens is 1. The van der Waals surface area contributed by atoms with E-state index >= 15 is 0 Å². The summed E-state index contributed by atoms with van der Waals surface area (Å²) in [4.78, 5) is 16.0. The summed E-state index contributed by atoms with van der Waals surface area (Å²) in [6.45, 7) is 1.69. The molecule has 0 unspecified atom stereocenters. The van der Waals surface area contributed by atoms with Crippen molar-refractivity contribution >= 4 is 32.8 Å². The Balaban J connectivity index is 2.50. The number of pyridine rings is 1. The average Bonchev–Trinajstić information content (AvgIpc) is 2.47. The van der Waals surface area contributed by atoms with Gasteiger partial charge in [-0.1, -0.05) is 46.3 Å². The van der Waals surface area contributed by atoms with Gasteiger partial charge in [0.05, 0.1) is 11.5 Å². The van der Waals surface area contributed by atoms with Crippen molar-refractivity contribution in [3.05, 3.63) is 64.3 Å². The summed E-state index contributed by atoms with van der Waals surface area (Å²) < 4.78 is 0.877. The molecule has 1 aromatic heterocycles. The molecule has 0 saturated heterocycles. The predicted octanol–water partition coefficient (Wildman–Crippen LogP) is 3.34. The normalized spacial score (nSPS) is 10.8. The Hall–Kier alpha value is -2.20. The maximum atomic E-state index is 11.6. The number of carbonyl (C=O) groups excluding carboxylic acids is 1. The van der Waals surface area contributed by atoms with Crippen LogP contribution in [0.3, 0.4) is 0 Å². The molecule has 3 aromatic rings. The maximum Gasteiger partial charge on any atom is 0.0740 e. The Morgan fingerprint density at radius 1 is 1.14 bits per heavy atom. The van der Waals surface area contributed by atoms with E-state index in [1.165, 1.54) is 0 Å². The lowest BCUT2D eigenvalue weighted by Gasteiger charge is -2.16. The van der Waals surface area contributed by atoms with Crippen LogP contribution in [0.5, 0.6) is 0 Å². The molecule has 4 heteroatoms. The van der Waals surface area contributed by atoms with Crippen LogP contribution in [0.2, 0.25) is 0 Å². The molecule has 0 fully saturated rings. The minimum Gasteiger partial charge on any atom is -0.545 e. The first-order chi connectivity index (χ1) is 10.1. The molecule has 0 N–H and O–H groups in total. The standard InChI is InChI=1S/C17H12BrNO2/c1-10-15(17(20)21)16(11-5-3-2-4-6-11)13-9-12(18)7-8-14(13)19-10/h2-9H,1H3,(H,20,21)/p-1. The summed E-state index contributed by atoms with van der Waals surface area (Å²) in [6.07, 6.45) is 0. The average molecular weight is 341 g/mol. The van der Waals surface area contributed by atoms with Gasteiger partial charge in [-0.3, -0.25) is 4.98 Å². The number of hydrogen-bond donors (Lipinski definition) is 0. The van der Waals surface area contributed by atoms with Crippen LogP contribution < -0.4 is 5.11 Å². The van der Waals surface area contributed by atoms with Gasteiger partial charge in [0.1, 0.15) is 0 Å². The van der Waals surface area contributed by atoms with Crippen molar-refractivity contribution in [2.24, 2.45) is 0 Å². The molecule has 0 radical (unpaired) electrons. The van der Waals surface area contributed by atoms with E-state index in [0.717, 1.165) is 20.9 Å². The number of aryl methyl sites for hydroxylation is 1. The summed E-state index contributed by atoms with van der Waals surface area (Å²) in [5.74, 6) is -1.21. The second-order valence-electron chi connectivity index (χ2n) is 4.76. The summed E-state index contributed by atoms with van der Waals surface area (Å²) in [5.41, 5.74) is 2.86. The first-order valence-electron chi connectivity index (χ1n) is 6.44. The van der Waals surface area contributed by atoms with Crippen molar-refractivity contribution < 1.29 is 9.90 Å². The van der Waals surface area contributed by atoms with Crippen molar-refractivity contribution in [2.45, 2.75) is 6.92 Å². The van der Waals surface area contributed by atoms with Gasteiger partial charge in [-0.15, -0.1) is 0 Å². The summed E-state index contributed by atoms with van der Waals surface area (Å²) in [7, 11) is 0. The van der Waals surface area contributed by atoms with Gasteiger partial charge >= 0.3 is 0 Å². The van der Waals surface area contributed by atoms with Crippen LogP contribution >= 0.6 is 15.9 Å². The van der Waals surface area contributed by atoms with Gasteiger partial charge in [-0.05, 0) is 30.7 Å². The Morgan fingerprint density at radius 3 is 2.52 bits per heavy atom. The van der Waals surface area contributed by atoms with E-state index in [4.69, 9.17) is 0 Å². The molecule has 0 atom stereocenters. The highest BCUT2D eigenvalue weighted by molar-refractivity contribution is 9.10. The first-order valence-corrected chi connectivity index (χ1v) is 7.24. The molecule has 2 aromatic carbocycles. The van der Waals surface area contributed by atoms with E-state index in [1.807, 2.05) is 48.5 Å². The monoisotopic (exact) mass is 340 g/mol. The second-order valence-corrected chi connectivity index (χ2v) is 5.68. The van der Waals surface area contributed by atoms with Gasteiger partial charge in [-0.25, -0.2) is 0 Å². The molecule has 0 spiro atoms. The predicted molar refractivity (Wildman–Crippen MR) is 83.9 cm³/mol. The van der Waals surface area contributed by atoms with Crippen LogP contribution in [-0.4, -0.2) is 11.0 Å². The number of carboxylic acid groups (broad SMARTS) is 1. The van der Waals surface area contributed by atoms with E-state index in [-0.39, 0.29) is 5.56 Å². The van der Waals surface area contributed by atoms with Gasteiger partial charge in [0, 0.05) is 26.7 Å². The van der Waals surface area contributed by atoms with Gasteiger partial charge in [0.25, 0.3) is 0 Å². The molecule has 0 saturated carbocycles. The Morgan fingerprint density at radius 2 is 1.86 bits per heavy atom. The zero-order valence-electron chi connectivity index (χ0n) is 11.3. The molecule has 104 valence electrons. The van der Waals surface area contributed by atoms with E-state index in [0.29, 0.717) is 11.3 Å². The number of aromatic carboxylic acids is 1. The lowest BCUT2D eigenvalue weighted by atomic mass is 9.94. The molecule has 1 heterocycles. The topological polar surface area (TPSA) is 53.0 Å². The first kappa shape index (κ1) is 13.8. The fourth-order valence-corrected chi connectivity index (χ4v) is 2.87. The van der Waals surface area contributed by atoms with Gasteiger partial charge in [0.15, 0.2) is 0 Å². The highest BCUT2D eigenvalue weighted by Crippen LogP contribution is 2.34. The molecule has 0 bridgehead atoms. The molecule has 21 heavy (non-hydrogen) atoms. The number of fused-ring (bicyclic) bond motifs is 1. The third-order valence-electron chi connectivity index (χ3n) is 3.39. The molecular weight excluding hydrogens is 330 g/mol. The van der Waals surface area contributed by atoms with Crippen LogP contribution in [-0.2, 0) is 0 Å². The molecular formula is C17H11BrNO2-. The smallest absolute Gasteiger partial charge is 0.0740 e. The fraction of sp³-hybridized carbons (Fsp3) is 0.0588. The van der Waals surface area contributed by atoms with Crippen LogP contribution in [0.1, 0.15) is 16.1 Å². The van der Waals surface area contributed by atoms with Crippen LogP contribution in [0.25, 0.3) is 22.0 Å². The quantitative estimate of drug-likeness (QED) is 0.718. The third kappa shape index (κ3) is 2.43. The number of halogens is 1. The Kier molecular flexibility index (Phi) is 3.47. The third-order valence-corrected chi connectivity index (χ3v) is 3.89. The lowest BCUT2D eigenvalue weighted by molar-refractivity contribution is -0.255. The van der Waals surface area contributed by atoms with Crippen LogP contribution in [0, 0.1) is 6.92 Å². The molecule has 3 rings (SSSR count). The molecule has 3 nitrogen and oxygen atoms in total. The zero-order valence-corrected chi connectivity index (χ0v) is 12.8. The number of benzene rings is 2. The van der Waals surface area contributed by atoms with E-state index in [2.05, 4.69) is 20.9 Å². The van der Waals surface area contributed by atoms with E-state index < -0.39 is 5.97 Å².